The van der Waals surface area contributed by atoms with Crippen molar-refractivity contribution in [3.63, 3.8) is 0 Å². The van der Waals surface area contributed by atoms with Gasteiger partial charge in [0.2, 0.25) is 11.8 Å². The number of carbonyl (C=O) groups excluding carboxylic acids is 2. The molecule has 1 atom stereocenters. The smallest absolute Gasteiger partial charge is 0.229 e. The first-order valence-corrected chi connectivity index (χ1v) is 7.62. The lowest BCUT2D eigenvalue weighted by molar-refractivity contribution is -0.122. The molecule has 0 saturated carbocycles. The van der Waals surface area contributed by atoms with Gasteiger partial charge in [0, 0.05) is 18.7 Å². The fourth-order valence-electron chi connectivity index (χ4n) is 2.71. The summed E-state index contributed by atoms with van der Waals surface area (Å²) < 4.78 is 5.10. The van der Waals surface area contributed by atoms with E-state index in [4.69, 9.17) is 4.74 Å². The van der Waals surface area contributed by atoms with Gasteiger partial charge < -0.3 is 20.1 Å². The third-order valence-electron chi connectivity index (χ3n) is 4.04. The van der Waals surface area contributed by atoms with Gasteiger partial charge in [-0.2, -0.15) is 0 Å². The van der Waals surface area contributed by atoms with Crippen LogP contribution in [0.4, 0.5) is 11.4 Å². The number of para-hydroxylation sites is 2. The van der Waals surface area contributed by atoms with Crippen molar-refractivity contribution in [2.45, 2.75) is 6.42 Å². The van der Waals surface area contributed by atoms with Crippen molar-refractivity contribution in [1.82, 2.24) is 0 Å². The summed E-state index contributed by atoms with van der Waals surface area (Å²) in [7, 11) is 1.58. The summed E-state index contributed by atoms with van der Waals surface area (Å²) in [6, 6.07) is 13.6. The Morgan fingerprint density at radius 1 is 1.21 bits per heavy atom. The molecular formula is C18H18N2O4. The normalized spacial score (nSPS) is 17.0. The first kappa shape index (κ1) is 15.9. The minimum absolute atomic E-state index is 0.00202. The number of hydrogen-bond acceptors (Lipinski definition) is 4. The Balaban J connectivity index is 1.69. The van der Waals surface area contributed by atoms with Crippen molar-refractivity contribution >= 4 is 23.2 Å². The van der Waals surface area contributed by atoms with Crippen LogP contribution in [0.25, 0.3) is 0 Å². The fourth-order valence-corrected chi connectivity index (χ4v) is 2.71. The van der Waals surface area contributed by atoms with Crippen LogP contribution >= 0.6 is 0 Å². The van der Waals surface area contributed by atoms with Crippen LogP contribution in [0.3, 0.4) is 0 Å². The van der Waals surface area contributed by atoms with Crippen LogP contribution in [-0.4, -0.2) is 30.6 Å². The van der Waals surface area contributed by atoms with Gasteiger partial charge in [-0.1, -0.05) is 12.1 Å². The van der Waals surface area contributed by atoms with E-state index < -0.39 is 5.92 Å². The summed E-state index contributed by atoms with van der Waals surface area (Å²) in [5.74, 6) is -0.126. The Kier molecular flexibility index (Phi) is 4.37. The molecule has 2 N–H and O–H groups in total. The number of anilines is 2. The quantitative estimate of drug-likeness (QED) is 0.846. The van der Waals surface area contributed by atoms with E-state index in [-0.39, 0.29) is 24.0 Å². The third kappa shape index (κ3) is 3.17. The topological polar surface area (TPSA) is 78.9 Å². The molecule has 0 radical (unpaired) electrons. The predicted molar refractivity (Wildman–Crippen MR) is 90.2 cm³/mol. The van der Waals surface area contributed by atoms with E-state index in [1.165, 1.54) is 6.07 Å². The summed E-state index contributed by atoms with van der Waals surface area (Å²) in [4.78, 5) is 26.2. The lowest BCUT2D eigenvalue weighted by Crippen LogP contribution is -2.28. The molecule has 124 valence electrons. The second-order valence-electron chi connectivity index (χ2n) is 5.61. The van der Waals surface area contributed by atoms with E-state index in [9.17, 15) is 14.7 Å². The summed E-state index contributed by atoms with van der Waals surface area (Å²) in [6.45, 7) is 0.310. The van der Waals surface area contributed by atoms with E-state index >= 15 is 0 Å². The molecule has 1 heterocycles. The molecule has 24 heavy (non-hydrogen) atoms. The van der Waals surface area contributed by atoms with Gasteiger partial charge in [0.1, 0.15) is 11.5 Å². The molecule has 3 rings (SSSR count). The van der Waals surface area contributed by atoms with Gasteiger partial charge in [0.05, 0.1) is 18.7 Å². The van der Waals surface area contributed by atoms with Gasteiger partial charge in [0.15, 0.2) is 0 Å². The zero-order chi connectivity index (χ0) is 17.1. The van der Waals surface area contributed by atoms with E-state index in [1.54, 1.807) is 54.5 Å². The third-order valence-corrected chi connectivity index (χ3v) is 4.04. The minimum atomic E-state index is -0.459. The van der Waals surface area contributed by atoms with Crippen LogP contribution in [0.1, 0.15) is 6.42 Å². The highest BCUT2D eigenvalue weighted by atomic mass is 16.5. The standard InChI is InChI=1S/C18H18N2O4/c1-24-14-8-6-13(7-9-14)20-11-12(10-17(20)22)18(23)19-15-4-2-3-5-16(15)21/h2-9,12,21H,10-11H2,1H3,(H,19,23)/t12-/m1/s1. The van der Waals surface area contributed by atoms with Crippen LogP contribution < -0.4 is 15.0 Å². The van der Waals surface area contributed by atoms with E-state index in [0.29, 0.717) is 18.0 Å². The highest BCUT2D eigenvalue weighted by Crippen LogP contribution is 2.28. The van der Waals surface area contributed by atoms with Crippen molar-refractivity contribution in [2.75, 3.05) is 23.9 Å². The summed E-state index contributed by atoms with van der Waals surface area (Å²) in [5.41, 5.74) is 1.08. The Morgan fingerprint density at radius 2 is 1.92 bits per heavy atom. The number of rotatable bonds is 4. The fraction of sp³-hybridized carbons (Fsp3) is 0.222. The van der Waals surface area contributed by atoms with Gasteiger partial charge >= 0.3 is 0 Å². The number of hydrogen-bond donors (Lipinski definition) is 2. The van der Waals surface area contributed by atoms with Gasteiger partial charge in [-0.05, 0) is 36.4 Å². The molecule has 2 aromatic rings. The molecule has 0 unspecified atom stereocenters. The Labute approximate surface area is 139 Å². The molecule has 2 aromatic carbocycles. The molecule has 0 bridgehead atoms. The van der Waals surface area contributed by atoms with Crippen molar-refractivity contribution in [1.29, 1.82) is 0 Å². The van der Waals surface area contributed by atoms with E-state index in [1.807, 2.05) is 0 Å². The van der Waals surface area contributed by atoms with Gasteiger partial charge in [-0.15, -0.1) is 0 Å². The molecule has 0 spiro atoms. The molecular weight excluding hydrogens is 308 g/mol. The van der Waals surface area contributed by atoms with Crippen LogP contribution in [0.5, 0.6) is 11.5 Å². The molecule has 0 aromatic heterocycles. The maximum Gasteiger partial charge on any atom is 0.229 e. The van der Waals surface area contributed by atoms with E-state index in [0.717, 1.165) is 5.69 Å². The van der Waals surface area contributed by atoms with E-state index in [2.05, 4.69) is 5.32 Å². The molecule has 1 aliphatic heterocycles. The number of ether oxygens (including phenoxy) is 1. The summed E-state index contributed by atoms with van der Waals surface area (Å²) in [6.07, 6.45) is 0.144. The summed E-state index contributed by atoms with van der Waals surface area (Å²) >= 11 is 0. The highest BCUT2D eigenvalue weighted by molar-refractivity contribution is 6.03. The Bertz CT molecular complexity index is 758. The molecule has 6 heteroatoms. The van der Waals surface area contributed by atoms with Crippen LogP contribution in [0.15, 0.2) is 48.5 Å². The lowest BCUT2D eigenvalue weighted by atomic mass is 10.1. The number of nitrogens with zero attached hydrogens (tertiary/aromatic N) is 1. The summed E-state index contributed by atoms with van der Waals surface area (Å²) in [5, 5.41) is 12.4. The van der Waals surface area contributed by atoms with Gasteiger partial charge in [-0.25, -0.2) is 0 Å². The molecule has 1 fully saturated rings. The first-order valence-electron chi connectivity index (χ1n) is 7.62. The molecule has 1 saturated heterocycles. The number of methoxy groups -OCH3 is 1. The zero-order valence-corrected chi connectivity index (χ0v) is 13.2. The first-order chi connectivity index (χ1) is 11.6. The predicted octanol–water partition coefficient (Wildman–Crippen LogP) is 2.39. The molecule has 1 aliphatic rings. The maximum atomic E-state index is 12.4. The average Bonchev–Trinajstić information content (AvgIpc) is 2.99. The monoisotopic (exact) mass is 326 g/mol. The van der Waals surface area contributed by atoms with Crippen molar-refractivity contribution in [3.05, 3.63) is 48.5 Å². The number of benzene rings is 2. The molecule has 0 aliphatic carbocycles. The Morgan fingerprint density at radius 3 is 2.58 bits per heavy atom. The number of aromatic hydroxyl groups is 1. The van der Waals surface area contributed by atoms with Crippen LogP contribution in [-0.2, 0) is 9.59 Å². The largest absolute Gasteiger partial charge is 0.506 e. The van der Waals surface area contributed by atoms with Crippen molar-refractivity contribution in [2.24, 2.45) is 5.92 Å². The maximum absolute atomic E-state index is 12.4. The van der Waals surface area contributed by atoms with Gasteiger partial charge in [-0.3, -0.25) is 9.59 Å². The number of carbonyl (C=O) groups is 2. The van der Waals surface area contributed by atoms with Gasteiger partial charge in [0.25, 0.3) is 0 Å². The lowest BCUT2D eigenvalue weighted by Gasteiger charge is -2.17. The number of phenols is 1. The second kappa shape index (κ2) is 6.62. The SMILES string of the molecule is COc1ccc(N2C[C@H](C(=O)Nc3ccccc3O)CC2=O)cc1. The highest BCUT2D eigenvalue weighted by Gasteiger charge is 2.35. The van der Waals surface area contributed by atoms with Crippen molar-refractivity contribution in [3.8, 4) is 11.5 Å². The molecule has 6 nitrogen and oxygen atoms in total. The second-order valence-corrected chi connectivity index (χ2v) is 5.61. The number of phenolic OH excluding ortho intramolecular Hbond substituents is 1. The van der Waals surface area contributed by atoms with Crippen molar-refractivity contribution < 1.29 is 19.4 Å². The zero-order valence-electron chi connectivity index (χ0n) is 13.2. The minimum Gasteiger partial charge on any atom is -0.506 e. The van der Waals surface area contributed by atoms with Crippen LogP contribution in [0.2, 0.25) is 0 Å². The number of nitrogens with one attached hydrogen (secondary N) is 1. The van der Waals surface area contributed by atoms with Crippen LogP contribution in [0, 0.1) is 5.92 Å². The average molecular weight is 326 g/mol. The number of amides is 2. The Hall–Kier alpha value is -3.02. The molecule has 2 amide bonds.